The van der Waals surface area contributed by atoms with Crippen LogP contribution in [-0.4, -0.2) is 29.0 Å². The minimum atomic E-state index is -2.10. The number of carbonyl (C=O) groups is 2. The molecule has 4 nitrogen and oxygen atoms in total. The van der Waals surface area contributed by atoms with Crippen molar-refractivity contribution in [1.29, 1.82) is 0 Å². The summed E-state index contributed by atoms with van der Waals surface area (Å²) in [5.74, 6) is -2.31. The molecule has 0 heterocycles. The summed E-state index contributed by atoms with van der Waals surface area (Å²) in [6.45, 7) is 5.01. The summed E-state index contributed by atoms with van der Waals surface area (Å²) in [6, 6.07) is -0.0974. The van der Waals surface area contributed by atoms with E-state index in [1.165, 1.54) is 6.92 Å². The monoisotopic (exact) mass is 310 g/mol. The molecular formula is C12H17F3N2O2S. The molecular weight excluding hydrogens is 293 g/mol. The van der Waals surface area contributed by atoms with Crippen LogP contribution in [0.4, 0.5) is 13.2 Å². The second kappa shape index (κ2) is 9.46. The molecule has 0 aromatic rings. The van der Waals surface area contributed by atoms with Gasteiger partial charge in [-0.1, -0.05) is 0 Å². The highest BCUT2D eigenvalue weighted by Crippen LogP contribution is 2.13. The predicted molar refractivity (Wildman–Crippen MR) is 72.8 cm³/mol. The molecule has 114 valence electrons. The van der Waals surface area contributed by atoms with Crippen molar-refractivity contribution in [3.63, 3.8) is 0 Å². The van der Waals surface area contributed by atoms with Crippen molar-refractivity contribution in [2.24, 2.45) is 0 Å². The van der Waals surface area contributed by atoms with Gasteiger partial charge in [-0.3, -0.25) is 9.59 Å². The topological polar surface area (TPSA) is 58.2 Å². The largest absolute Gasteiger partial charge is 0.350 e. The first-order chi connectivity index (χ1) is 9.20. The molecule has 0 saturated carbocycles. The molecule has 0 fully saturated rings. The van der Waals surface area contributed by atoms with Gasteiger partial charge in [-0.25, -0.2) is 4.39 Å². The first-order valence-corrected chi connectivity index (χ1v) is 6.87. The zero-order valence-corrected chi connectivity index (χ0v) is 12.2. The third-order valence-electron chi connectivity index (χ3n) is 1.78. The Kier molecular flexibility index (Phi) is 8.78. The smallest absolute Gasteiger partial charge is 0.275 e. The van der Waals surface area contributed by atoms with Gasteiger partial charge in [-0.15, -0.1) is 11.8 Å². The molecule has 0 aliphatic rings. The number of carbonyl (C=O) groups excluding carboxylic acids is 2. The third-order valence-corrected chi connectivity index (χ3v) is 2.84. The second-order valence-corrected chi connectivity index (χ2v) is 5.48. The molecule has 0 spiro atoms. The highest BCUT2D eigenvalue weighted by Gasteiger charge is 2.09. The van der Waals surface area contributed by atoms with E-state index in [9.17, 15) is 22.8 Å². The normalized spacial score (nSPS) is 12.8. The van der Waals surface area contributed by atoms with Crippen LogP contribution in [0.15, 0.2) is 24.1 Å². The molecule has 8 heteroatoms. The Morgan fingerprint density at radius 3 is 2.10 bits per heavy atom. The molecule has 0 aliphatic heterocycles. The van der Waals surface area contributed by atoms with Crippen molar-refractivity contribution in [3.8, 4) is 0 Å². The van der Waals surface area contributed by atoms with E-state index in [0.29, 0.717) is 0 Å². The zero-order chi connectivity index (χ0) is 15.7. The number of halogens is 3. The van der Waals surface area contributed by atoms with Crippen molar-refractivity contribution in [1.82, 2.24) is 10.6 Å². The fraction of sp³-hybridized carbons (Fsp3) is 0.500. The lowest BCUT2D eigenvalue weighted by Gasteiger charge is -2.11. The van der Waals surface area contributed by atoms with Crippen LogP contribution in [0.5, 0.6) is 0 Å². The lowest BCUT2D eigenvalue weighted by Crippen LogP contribution is -2.29. The first-order valence-electron chi connectivity index (χ1n) is 5.82. The highest BCUT2D eigenvalue weighted by molar-refractivity contribution is 8.00. The molecule has 0 radical (unpaired) electrons. The number of nitrogens with one attached hydrogen (secondary N) is 2. The number of hydrogen-bond donors (Lipinski definition) is 2. The van der Waals surface area contributed by atoms with Gasteiger partial charge in [0.15, 0.2) is 0 Å². The number of amides is 2. The Labute approximate surface area is 119 Å². The number of rotatable bonds is 7. The molecule has 1 unspecified atom stereocenters. The summed E-state index contributed by atoms with van der Waals surface area (Å²) in [4.78, 5) is 22.2. The van der Waals surface area contributed by atoms with Crippen LogP contribution in [0.2, 0.25) is 0 Å². The van der Waals surface area contributed by atoms with E-state index in [-0.39, 0.29) is 17.9 Å². The molecule has 0 aliphatic carbocycles. The minimum absolute atomic E-state index is 0.0974. The van der Waals surface area contributed by atoms with Gasteiger partial charge in [0.05, 0.1) is 11.4 Å². The summed E-state index contributed by atoms with van der Waals surface area (Å²) < 4.78 is 36.9. The van der Waals surface area contributed by atoms with E-state index in [2.05, 4.69) is 10.6 Å². The summed E-state index contributed by atoms with van der Waals surface area (Å²) in [5.41, 5.74) is 0. The molecule has 0 saturated heterocycles. The fourth-order valence-corrected chi connectivity index (χ4v) is 1.79. The summed E-state index contributed by atoms with van der Waals surface area (Å²) >= 11 is 0.971. The van der Waals surface area contributed by atoms with Crippen LogP contribution in [-0.2, 0) is 9.59 Å². The van der Waals surface area contributed by atoms with E-state index < -0.39 is 29.1 Å². The van der Waals surface area contributed by atoms with Gasteiger partial charge in [0.2, 0.25) is 11.8 Å². The van der Waals surface area contributed by atoms with Gasteiger partial charge in [0.25, 0.3) is 6.08 Å². The second-order valence-electron chi connectivity index (χ2n) is 4.15. The molecule has 20 heavy (non-hydrogen) atoms. The van der Waals surface area contributed by atoms with Crippen LogP contribution in [0.25, 0.3) is 0 Å². The predicted octanol–water partition coefficient (Wildman–Crippen LogP) is 2.34. The Morgan fingerprint density at radius 2 is 1.60 bits per heavy atom. The van der Waals surface area contributed by atoms with E-state index in [1.54, 1.807) is 13.8 Å². The number of hydrogen-bond acceptors (Lipinski definition) is 3. The standard InChI is InChI=1S/C12H17F3N2O2S/c1-7(2)16-11(18)4-9(13)6-20-8(3)17-12(19)5-10(14)15/h4-5,7-8H,6H2,1-3H3,(H,16,18)(H,17,19)/b9-4-. The van der Waals surface area contributed by atoms with Crippen molar-refractivity contribution < 1.29 is 22.8 Å². The Balaban J connectivity index is 4.14. The quantitative estimate of drug-likeness (QED) is 0.560. The minimum Gasteiger partial charge on any atom is -0.350 e. The molecule has 2 N–H and O–H groups in total. The lowest BCUT2D eigenvalue weighted by atomic mass is 10.4. The fourth-order valence-electron chi connectivity index (χ4n) is 1.10. The van der Waals surface area contributed by atoms with E-state index in [1.807, 2.05) is 0 Å². The van der Waals surface area contributed by atoms with Gasteiger partial charge >= 0.3 is 0 Å². The van der Waals surface area contributed by atoms with Crippen LogP contribution < -0.4 is 10.6 Å². The molecule has 0 bridgehead atoms. The van der Waals surface area contributed by atoms with E-state index >= 15 is 0 Å². The van der Waals surface area contributed by atoms with Crippen LogP contribution in [0.3, 0.4) is 0 Å². The average molecular weight is 310 g/mol. The summed E-state index contributed by atoms with van der Waals surface area (Å²) in [7, 11) is 0. The van der Waals surface area contributed by atoms with E-state index in [4.69, 9.17) is 0 Å². The first kappa shape index (κ1) is 18.6. The number of thioether (sulfide) groups is 1. The van der Waals surface area contributed by atoms with Crippen LogP contribution in [0.1, 0.15) is 20.8 Å². The van der Waals surface area contributed by atoms with Crippen molar-refractivity contribution in [2.75, 3.05) is 5.75 Å². The maximum atomic E-state index is 13.3. The Morgan fingerprint density at radius 1 is 1.05 bits per heavy atom. The molecule has 2 amide bonds. The van der Waals surface area contributed by atoms with Crippen molar-refractivity contribution in [2.45, 2.75) is 32.2 Å². The van der Waals surface area contributed by atoms with Crippen LogP contribution in [0, 0.1) is 0 Å². The SMILES string of the molecule is CC(C)NC(=O)/C=C(\F)CSC(C)NC(=O)C=C(F)F. The average Bonchev–Trinajstić information content (AvgIpc) is 2.23. The summed E-state index contributed by atoms with van der Waals surface area (Å²) in [5, 5.41) is 4.15. The van der Waals surface area contributed by atoms with Crippen molar-refractivity contribution >= 4 is 23.6 Å². The van der Waals surface area contributed by atoms with Gasteiger partial charge in [0.1, 0.15) is 5.83 Å². The van der Waals surface area contributed by atoms with Crippen molar-refractivity contribution in [3.05, 3.63) is 24.1 Å². The molecule has 0 aromatic carbocycles. The maximum absolute atomic E-state index is 13.3. The maximum Gasteiger partial charge on any atom is 0.275 e. The highest BCUT2D eigenvalue weighted by atomic mass is 32.2. The zero-order valence-electron chi connectivity index (χ0n) is 11.4. The molecule has 1 atom stereocenters. The Hall–Kier alpha value is -1.44. The van der Waals surface area contributed by atoms with Gasteiger partial charge < -0.3 is 10.6 Å². The van der Waals surface area contributed by atoms with Crippen LogP contribution >= 0.6 is 11.8 Å². The molecule has 0 rings (SSSR count). The van der Waals surface area contributed by atoms with Gasteiger partial charge in [-0.05, 0) is 20.8 Å². The third kappa shape index (κ3) is 10.5. The Bertz CT molecular complexity index is 408. The van der Waals surface area contributed by atoms with Gasteiger partial charge in [0, 0.05) is 17.9 Å². The lowest BCUT2D eigenvalue weighted by molar-refractivity contribution is -0.117. The van der Waals surface area contributed by atoms with Gasteiger partial charge in [-0.2, -0.15) is 8.78 Å². The van der Waals surface area contributed by atoms with E-state index in [0.717, 1.165) is 17.8 Å². The molecule has 0 aromatic heterocycles. The summed E-state index contributed by atoms with van der Waals surface area (Å²) in [6.07, 6.45) is -1.13.